The number of pyridine rings is 1. The van der Waals surface area contributed by atoms with Crippen molar-refractivity contribution in [1.29, 1.82) is 0 Å². The van der Waals surface area contributed by atoms with Crippen molar-refractivity contribution in [1.82, 2.24) is 15.1 Å². The Hall–Kier alpha value is -2.76. The van der Waals surface area contributed by atoms with E-state index >= 15 is 0 Å². The van der Waals surface area contributed by atoms with Gasteiger partial charge in [-0.1, -0.05) is 68.3 Å². The molecule has 0 saturated heterocycles. The molecule has 1 N–H and O–H groups in total. The van der Waals surface area contributed by atoms with E-state index in [4.69, 9.17) is 4.52 Å². The Morgan fingerprint density at radius 1 is 1.21 bits per heavy atom. The maximum absolute atomic E-state index is 11.4. The van der Waals surface area contributed by atoms with E-state index in [0.717, 1.165) is 41.6 Å². The lowest BCUT2D eigenvalue weighted by Gasteiger charge is -2.21. The van der Waals surface area contributed by atoms with E-state index in [1.807, 2.05) is 30.3 Å². The van der Waals surface area contributed by atoms with Gasteiger partial charge in [0.2, 0.25) is 11.7 Å². The van der Waals surface area contributed by atoms with E-state index in [1.165, 1.54) is 32.1 Å². The number of para-hydroxylation sites is 1. The summed E-state index contributed by atoms with van der Waals surface area (Å²) in [6.07, 6.45) is 11.3. The van der Waals surface area contributed by atoms with Gasteiger partial charge in [0.1, 0.15) is 0 Å². The first-order valence-corrected chi connectivity index (χ1v) is 10.6. The van der Waals surface area contributed by atoms with Crippen LogP contribution in [-0.4, -0.2) is 26.2 Å². The summed E-state index contributed by atoms with van der Waals surface area (Å²) in [6.45, 7) is 0. The molecule has 0 amide bonds. The van der Waals surface area contributed by atoms with Crippen LogP contribution in [0.2, 0.25) is 0 Å². The van der Waals surface area contributed by atoms with Gasteiger partial charge in [0, 0.05) is 23.1 Å². The number of carbonyl (C=O) groups is 1. The van der Waals surface area contributed by atoms with Gasteiger partial charge >= 0.3 is 5.97 Å². The molecule has 2 aromatic heterocycles. The fraction of sp³-hybridized carbons (Fsp3) is 0.478. The number of hydrogen-bond donors (Lipinski definition) is 1. The van der Waals surface area contributed by atoms with Crippen LogP contribution in [0.1, 0.15) is 69.6 Å². The number of aliphatic carboxylic acids is 1. The molecule has 1 fully saturated rings. The third-order valence-corrected chi connectivity index (χ3v) is 5.95. The molecule has 1 aliphatic rings. The zero-order valence-electron chi connectivity index (χ0n) is 16.6. The molecule has 152 valence electrons. The predicted molar refractivity (Wildman–Crippen MR) is 110 cm³/mol. The molecule has 6 nitrogen and oxygen atoms in total. The van der Waals surface area contributed by atoms with E-state index in [-0.39, 0.29) is 12.3 Å². The summed E-state index contributed by atoms with van der Waals surface area (Å²) in [5, 5.41) is 14.4. The van der Waals surface area contributed by atoms with Crippen LogP contribution >= 0.6 is 0 Å². The molecule has 0 aliphatic heterocycles. The third-order valence-electron chi connectivity index (χ3n) is 5.95. The largest absolute Gasteiger partial charge is 0.481 e. The van der Waals surface area contributed by atoms with Gasteiger partial charge in [0.25, 0.3) is 0 Å². The van der Waals surface area contributed by atoms with Crippen molar-refractivity contribution in [3.63, 3.8) is 0 Å². The Bertz CT molecular complexity index is 963. The van der Waals surface area contributed by atoms with E-state index in [1.54, 1.807) is 6.20 Å². The van der Waals surface area contributed by atoms with E-state index in [0.29, 0.717) is 11.7 Å². The minimum absolute atomic E-state index is 0.0161. The topological polar surface area (TPSA) is 89.1 Å². The highest BCUT2D eigenvalue weighted by Gasteiger charge is 2.23. The Balaban J connectivity index is 1.46. The quantitative estimate of drug-likeness (QED) is 0.536. The minimum atomic E-state index is -0.834. The molecule has 1 atom stereocenters. The maximum atomic E-state index is 11.4. The number of carboxylic acid groups (broad SMARTS) is 1. The molecule has 3 aromatic rings. The van der Waals surface area contributed by atoms with Gasteiger partial charge in [0.05, 0.1) is 11.9 Å². The summed E-state index contributed by atoms with van der Waals surface area (Å²) < 4.78 is 5.48. The zero-order valence-corrected chi connectivity index (χ0v) is 16.6. The molecule has 1 aliphatic carbocycles. The lowest BCUT2D eigenvalue weighted by Crippen LogP contribution is -2.10. The number of fused-ring (bicyclic) bond motifs is 1. The molecule has 0 bridgehead atoms. The molecule has 2 heterocycles. The van der Waals surface area contributed by atoms with Crippen LogP contribution in [0.5, 0.6) is 0 Å². The van der Waals surface area contributed by atoms with Crippen LogP contribution in [-0.2, 0) is 4.79 Å². The summed E-state index contributed by atoms with van der Waals surface area (Å²) in [7, 11) is 0. The van der Waals surface area contributed by atoms with Crippen LogP contribution in [0.4, 0.5) is 0 Å². The van der Waals surface area contributed by atoms with Crippen molar-refractivity contribution in [2.75, 3.05) is 0 Å². The average Bonchev–Trinajstić information content (AvgIpc) is 3.23. The number of rotatable bonds is 8. The molecule has 4 rings (SSSR count). The average molecular weight is 393 g/mol. The Morgan fingerprint density at radius 3 is 2.86 bits per heavy atom. The number of nitrogens with zero attached hydrogens (tertiary/aromatic N) is 3. The molecule has 1 aromatic carbocycles. The predicted octanol–water partition coefficient (Wildman–Crippen LogP) is 5.59. The number of hydrogen-bond acceptors (Lipinski definition) is 5. The van der Waals surface area contributed by atoms with Crippen molar-refractivity contribution in [2.45, 2.75) is 63.7 Å². The summed E-state index contributed by atoms with van der Waals surface area (Å²) in [4.78, 5) is 20.3. The molecule has 0 spiro atoms. The van der Waals surface area contributed by atoms with Crippen LogP contribution in [0, 0.1) is 5.92 Å². The first kappa shape index (κ1) is 19.6. The third kappa shape index (κ3) is 5.00. The highest BCUT2D eigenvalue weighted by atomic mass is 16.5. The van der Waals surface area contributed by atoms with E-state index in [2.05, 4.69) is 15.1 Å². The Kier molecular flexibility index (Phi) is 6.17. The molecule has 1 saturated carbocycles. The van der Waals surface area contributed by atoms with Crippen molar-refractivity contribution < 1.29 is 14.4 Å². The van der Waals surface area contributed by atoms with Crippen molar-refractivity contribution in [3.05, 3.63) is 42.4 Å². The number of carboxylic acids is 1. The highest BCUT2D eigenvalue weighted by Crippen LogP contribution is 2.32. The first-order valence-electron chi connectivity index (χ1n) is 10.6. The number of benzene rings is 1. The van der Waals surface area contributed by atoms with Crippen LogP contribution in [0.25, 0.3) is 22.3 Å². The monoisotopic (exact) mass is 393 g/mol. The van der Waals surface area contributed by atoms with Gasteiger partial charge < -0.3 is 9.63 Å². The molecule has 6 heteroatoms. The lowest BCUT2D eigenvalue weighted by atomic mass is 9.84. The van der Waals surface area contributed by atoms with Gasteiger partial charge in [-0.15, -0.1) is 0 Å². The van der Waals surface area contributed by atoms with Gasteiger partial charge in [-0.25, -0.2) is 0 Å². The summed E-state index contributed by atoms with van der Waals surface area (Å²) >= 11 is 0. The standard InChI is InChI=1S/C23H27N3O3/c27-21(28)14-18(11-6-9-16-7-2-1-3-8-16)23-25-22(26-29-23)19-13-17-10-4-5-12-20(17)24-15-19/h4-5,10,12-13,15-16,18H,1-3,6-9,11,14H2,(H,27,28). The van der Waals surface area contributed by atoms with Gasteiger partial charge in [-0.05, 0) is 24.5 Å². The minimum Gasteiger partial charge on any atom is -0.481 e. The fourth-order valence-corrected chi connectivity index (χ4v) is 4.36. The first-order chi connectivity index (χ1) is 14.2. The maximum Gasteiger partial charge on any atom is 0.304 e. The second-order valence-electron chi connectivity index (χ2n) is 8.10. The normalized spacial score (nSPS) is 16.1. The Morgan fingerprint density at radius 2 is 2.03 bits per heavy atom. The van der Waals surface area contributed by atoms with E-state index < -0.39 is 5.97 Å². The molecule has 0 radical (unpaired) electrons. The van der Waals surface area contributed by atoms with Crippen molar-refractivity contribution in [2.24, 2.45) is 5.92 Å². The molecule has 29 heavy (non-hydrogen) atoms. The lowest BCUT2D eigenvalue weighted by molar-refractivity contribution is -0.137. The summed E-state index contributed by atoms with van der Waals surface area (Å²) in [5.74, 6) is 0.585. The summed E-state index contributed by atoms with van der Waals surface area (Å²) in [6, 6.07) is 9.84. The van der Waals surface area contributed by atoms with Gasteiger partial charge in [-0.2, -0.15) is 4.98 Å². The second kappa shape index (κ2) is 9.16. The van der Waals surface area contributed by atoms with Gasteiger partial charge in [-0.3, -0.25) is 9.78 Å². The molecular formula is C23H27N3O3. The van der Waals surface area contributed by atoms with Crippen molar-refractivity contribution >= 4 is 16.9 Å². The molecule has 1 unspecified atom stereocenters. The van der Waals surface area contributed by atoms with Gasteiger partial charge in [0.15, 0.2) is 0 Å². The smallest absolute Gasteiger partial charge is 0.304 e. The van der Waals surface area contributed by atoms with Crippen LogP contribution < -0.4 is 0 Å². The second-order valence-corrected chi connectivity index (χ2v) is 8.10. The zero-order chi connectivity index (χ0) is 20.1. The van der Waals surface area contributed by atoms with Crippen LogP contribution in [0.15, 0.2) is 41.1 Å². The summed E-state index contributed by atoms with van der Waals surface area (Å²) in [5.41, 5.74) is 1.68. The van der Waals surface area contributed by atoms with Crippen LogP contribution in [0.3, 0.4) is 0 Å². The SMILES string of the molecule is O=C(O)CC(CCCC1CCCCC1)c1nc(-c2cnc3ccccc3c2)no1. The van der Waals surface area contributed by atoms with E-state index in [9.17, 15) is 9.90 Å². The highest BCUT2D eigenvalue weighted by molar-refractivity contribution is 5.82. The number of aromatic nitrogens is 3. The van der Waals surface area contributed by atoms with Crippen molar-refractivity contribution in [3.8, 4) is 11.4 Å². The Labute approximate surface area is 170 Å². The molecular weight excluding hydrogens is 366 g/mol. The fourth-order valence-electron chi connectivity index (χ4n) is 4.36.